The Labute approximate surface area is 120 Å². The molecule has 5 rings (SSSR count). The summed E-state index contributed by atoms with van der Waals surface area (Å²) in [5.41, 5.74) is 1.05. The van der Waals surface area contributed by atoms with Gasteiger partial charge in [-0.05, 0) is 73.5 Å². The monoisotopic (exact) mass is 267 g/mol. The summed E-state index contributed by atoms with van der Waals surface area (Å²) in [6, 6.07) is 6.73. The SMILES string of the molecule is N#CC(NC1C2CC3CC(C2)CC1C3)c1ccncc1. The number of nitriles is 1. The van der Waals surface area contributed by atoms with Gasteiger partial charge in [-0.25, -0.2) is 0 Å². The summed E-state index contributed by atoms with van der Waals surface area (Å²) in [6.07, 6.45) is 10.6. The quantitative estimate of drug-likeness (QED) is 0.915. The third-order valence-corrected chi connectivity index (χ3v) is 5.75. The van der Waals surface area contributed by atoms with Gasteiger partial charge in [-0.3, -0.25) is 10.3 Å². The number of hydrogen-bond donors (Lipinski definition) is 1. The first-order chi connectivity index (χ1) is 9.83. The minimum atomic E-state index is -0.180. The minimum Gasteiger partial charge on any atom is -0.295 e. The average molecular weight is 267 g/mol. The zero-order chi connectivity index (χ0) is 13.5. The molecule has 1 heterocycles. The van der Waals surface area contributed by atoms with Crippen LogP contribution in [0.15, 0.2) is 24.5 Å². The van der Waals surface area contributed by atoms with Crippen LogP contribution in [0.2, 0.25) is 0 Å². The number of aromatic nitrogens is 1. The molecule has 4 saturated carbocycles. The van der Waals surface area contributed by atoms with Crippen LogP contribution < -0.4 is 5.32 Å². The van der Waals surface area contributed by atoms with Gasteiger partial charge in [0, 0.05) is 18.4 Å². The van der Waals surface area contributed by atoms with E-state index in [1.807, 2.05) is 12.1 Å². The number of rotatable bonds is 3. The van der Waals surface area contributed by atoms with E-state index in [2.05, 4.69) is 16.4 Å². The molecule has 4 aliphatic rings. The van der Waals surface area contributed by atoms with E-state index in [1.54, 1.807) is 12.4 Å². The van der Waals surface area contributed by atoms with E-state index in [0.717, 1.165) is 29.2 Å². The van der Waals surface area contributed by atoms with Gasteiger partial charge in [0.25, 0.3) is 0 Å². The summed E-state index contributed by atoms with van der Waals surface area (Å²) in [4.78, 5) is 4.04. The molecule has 0 saturated heterocycles. The van der Waals surface area contributed by atoms with Crippen molar-refractivity contribution in [3.05, 3.63) is 30.1 Å². The molecule has 20 heavy (non-hydrogen) atoms. The molecule has 3 nitrogen and oxygen atoms in total. The van der Waals surface area contributed by atoms with E-state index in [4.69, 9.17) is 0 Å². The highest BCUT2D eigenvalue weighted by Gasteiger charge is 2.48. The molecule has 4 aliphatic carbocycles. The fraction of sp³-hybridized carbons (Fsp3) is 0.647. The number of pyridine rings is 1. The van der Waals surface area contributed by atoms with Crippen LogP contribution >= 0.6 is 0 Å². The summed E-state index contributed by atoms with van der Waals surface area (Å²) < 4.78 is 0. The van der Waals surface area contributed by atoms with E-state index in [1.165, 1.54) is 32.1 Å². The molecule has 0 aliphatic heterocycles. The Balaban J connectivity index is 1.52. The Kier molecular flexibility index (Phi) is 3.00. The molecule has 4 fully saturated rings. The molecule has 1 unspecified atom stereocenters. The highest BCUT2D eigenvalue weighted by Crippen LogP contribution is 2.54. The van der Waals surface area contributed by atoms with Crippen molar-refractivity contribution in [1.29, 1.82) is 5.26 Å². The lowest BCUT2D eigenvalue weighted by atomic mass is 9.54. The predicted octanol–water partition coefficient (Wildman–Crippen LogP) is 3.06. The maximum atomic E-state index is 9.50. The van der Waals surface area contributed by atoms with Crippen LogP contribution in [-0.2, 0) is 0 Å². The number of nitrogens with one attached hydrogen (secondary N) is 1. The Morgan fingerprint density at radius 3 is 2.20 bits per heavy atom. The smallest absolute Gasteiger partial charge is 0.121 e. The molecule has 0 amide bonds. The summed E-state index contributed by atoms with van der Waals surface area (Å²) >= 11 is 0. The molecule has 1 atom stereocenters. The van der Waals surface area contributed by atoms with Gasteiger partial charge < -0.3 is 0 Å². The summed E-state index contributed by atoms with van der Waals surface area (Å²) in [6.45, 7) is 0. The van der Waals surface area contributed by atoms with Crippen molar-refractivity contribution in [1.82, 2.24) is 10.3 Å². The molecule has 3 heteroatoms. The van der Waals surface area contributed by atoms with E-state index in [9.17, 15) is 5.26 Å². The van der Waals surface area contributed by atoms with Gasteiger partial charge in [0.2, 0.25) is 0 Å². The first kappa shape index (κ1) is 12.3. The highest BCUT2D eigenvalue weighted by molar-refractivity contribution is 5.22. The lowest BCUT2D eigenvalue weighted by Gasteiger charge is -2.55. The standard InChI is InChI=1S/C17H21N3/c18-10-16(13-1-3-19-4-2-13)20-17-14-6-11-5-12(8-14)9-15(17)7-11/h1-4,11-12,14-17,20H,5-9H2. The molecule has 104 valence electrons. The second-order valence-corrected chi connectivity index (χ2v) is 6.97. The average Bonchev–Trinajstić information content (AvgIpc) is 2.47. The van der Waals surface area contributed by atoms with Crippen molar-refractivity contribution >= 4 is 0 Å². The van der Waals surface area contributed by atoms with Crippen LogP contribution in [0.4, 0.5) is 0 Å². The van der Waals surface area contributed by atoms with Gasteiger partial charge in [0.1, 0.15) is 6.04 Å². The Hall–Kier alpha value is -1.40. The van der Waals surface area contributed by atoms with Gasteiger partial charge >= 0.3 is 0 Å². The van der Waals surface area contributed by atoms with Crippen molar-refractivity contribution in [3.63, 3.8) is 0 Å². The predicted molar refractivity (Wildman–Crippen MR) is 76.6 cm³/mol. The second kappa shape index (κ2) is 4.86. The Bertz CT molecular complexity index is 491. The molecule has 1 N–H and O–H groups in total. The van der Waals surface area contributed by atoms with Gasteiger partial charge in [0.15, 0.2) is 0 Å². The number of nitrogens with zero attached hydrogens (tertiary/aromatic N) is 2. The summed E-state index contributed by atoms with van der Waals surface area (Å²) in [7, 11) is 0. The second-order valence-electron chi connectivity index (χ2n) is 6.97. The lowest BCUT2D eigenvalue weighted by Crippen LogP contribution is -2.55. The molecule has 4 bridgehead atoms. The fourth-order valence-electron chi connectivity index (χ4n) is 5.15. The highest BCUT2D eigenvalue weighted by atomic mass is 15.0. The van der Waals surface area contributed by atoms with Gasteiger partial charge in [0.05, 0.1) is 6.07 Å². The van der Waals surface area contributed by atoms with Crippen LogP contribution in [0, 0.1) is 35.0 Å². The van der Waals surface area contributed by atoms with Crippen LogP contribution in [-0.4, -0.2) is 11.0 Å². The zero-order valence-corrected chi connectivity index (χ0v) is 11.7. The Morgan fingerprint density at radius 1 is 1.05 bits per heavy atom. The lowest BCUT2D eigenvalue weighted by molar-refractivity contribution is -0.0157. The van der Waals surface area contributed by atoms with E-state index in [-0.39, 0.29) is 6.04 Å². The van der Waals surface area contributed by atoms with E-state index >= 15 is 0 Å². The van der Waals surface area contributed by atoms with Crippen molar-refractivity contribution in [2.24, 2.45) is 23.7 Å². The first-order valence-corrected chi connectivity index (χ1v) is 7.89. The third kappa shape index (κ3) is 2.03. The van der Waals surface area contributed by atoms with Crippen molar-refractivity contribution < 1.29 is 0 Å². The fourth-order valence-corrected chi connectivity index (χ4v) is 5.15. The van der Waals surface area contributed by atoms with Crippen molar-refractivity contribution in [2.45, 2.75) is 44.2 Å². The molecule has 1 aromatic rings. The molecule has 0 radical (unpaired) electrons. The van der Waals surface area contributed by atoms with Gasteiger partial charge in [-0.2, -0.15) is 5.26 Å². The van der Waals surface area contributed by atoms with Crippen LogP contribution in [0.25, 0.3) is 0 Å². The maximum Gasteiger partial charge on any atom is 0.121 e. The Morgan fingerprint density at radius 2 is 1.65 bits per heavy atom. The maximum absolute atomic E-state index is 9.50. The minimum absolute atomic E-state index is 0.180. The molecule has 0 spiro atoms. The molecular formula is C17H21N3. The topological polar surface area (TPSA) is 48.7 Å². The molecular weight excluding hydrogens is 246 g/mol. The molecule has 0 aromatic carbocycles. The molecule has 1 aromatic heterocycles. The van der Waals surface area contributed by atoms with Gasteiger partial charge in [-0.15, -0.1) is 0 Å². The normalized spacial score (nSPS) is 39.5. The van der Waals surface area contributed by atoms with Gasteiger partial charge in [-0.1, -0.05) is 0 Å². The van der Waals surface area contributed by atoms with Crippen molar-refractivity contribution in [3.8, 4) is 6.07 Å². The first-order valence-electron chi connectivity index (χ1n) is 7.89. The summed E-state index contributed by atoms with van der Waals surface area (Å²) in [5.74, 6) is 3.59. The van der Waals surface area contributed by atoms with Crippen LogP contribution in [0.1, 0.15) is 43.7 Å². The largest absolute Gasteiger partial charge is 0.295 e. The zero-order valence-electron chi connectivity index (χ0n) is 11.7. The van der Waals surface area contributed by atoms with Crippen molar-refractivity contribution in [2.75, 3.05) is 0 Å². The van der Waals surface area contributed by atoms with Crippen LogP contribution in [0.5, 0.6) is 0 Å². The van der Waals surface area contributed by atoms with E-state index in [0.29, 0.717) is 6.04 Å². The van der Waals surface area contributed by atoms with Crippen LogP contribution in [0.3, 0.4) is 0 Å². The summed E-state index contributed by atoms with van der Waals surface area (Å²) in [5, 5.41) is 13.2. The van der Waals surface area contributed by atoms with E-state index < -0.39 is 0 Å². The number of hydrogen-bond acceptors (Lipinski definition) is 3. The third-order valence-electron chi connectivity index (χ3n) is 5.75.